The Labute approximate surface area is 206 Å². The molecule has 4 unspecified atom stereocenters. The number of hydrogen-bond donors (Lipinski definition) is 0. The zero-order valence-electron chi connectivity index (χ0n) is 21.1. The SMILES string of the molecule is C=C(c1cc(N=C(C)c2cc3ccc(CC)nc3n2CC2CC2)c(C)c(OC)c1)N1CC2C3C1N23. The Morgan fingerprint density at radius 1 is 1.23 bits per heavy atom. The molecule has 4 atom stereocenters. The molecule has 8 rings (SSSR count). The lowest BCUT2D eigenvalue weighted by molar-refractivity contribution is 0.410. The fraction of sp³-hybridized carbons (Fsp3) is 0.448. The van der Waals surface area contributed by atoms with Crippen molar-refractivity contribution in [3.05, 3.63) is 59.4 Å². The molecule has 35 heavy (non-hydrogen) atoms. The molecule has 1 aromatic carbocycles. The van der Waals surface area contributed by atoms with Crippen molar-refractivity contribution in [2.24, 2.45) is 10.9 Å². The molecule has 0 N–H and O–H groups in total. The van der Waals surface area contributed by atoms with Gasteiger partial charge < -0.3 is 14.2 Å². The molecule has 0 amide bonds. The second-order valence-corrected chi connectivity index (χ2v) is 10.7. The highest BCUT2D eigenvalue weighted by Gasteiger charge is 2.79. The van der Waals surface area contributed by atoms with Crippen molar-refractivity contribution in [1.82, 2.24) is 19.4 Å². The molecule has 3 aromatic rings. The summed E-state index contributed by atoms with van der Waals surface area (Å²) in [4.78, 5) is 15.2. The summed E-state index contributed by atoms with van der Waals surface area (Å²) >= 11 is 0. The number of aliphatic imine (C=N–C) groups is 1. The zero-order valence-corrected chi connectivity index (χ0v) is 21.1. The van der Waals surface area contributed by atoms with Gasteiger partial charge in [-0.2, -0.15) is 0 Å². The molecule has 4 aliphatic heterocycles. The summed E-state index contributed by atoms with van der Waals surface area (Å²) in [6.45, 7) is 12.9. The highest BCUT2D eigenvalue weighted by Crippen LogP contribution is 2.61. The zero-order chi connectivity index (χ0) is 24.0. The van der Waals surface area contributed by atoms with E-state index in [9.17, 15) is 0 Å². The van der Waals surface area contributed by atoms with Crippen LogP contribution in [0.1, 0.15) is 49.2 Å². The van der Waals surface area contributed by atoms with Crippen molar-refractivity contribution in [1.29, 1.82) is 0 Å². The van der Waals surface area contributed by atoms with Gasteiger partial charge in [-0.1, -0.05) is 13.5 Å². The Bertz CT molecular complexity index is 1400. The topological polar surface area (TPSA) is 45.7 Å². The Kier molecular flexibility index (Phi) is 4.50. The van der Waals surface area contributed by atoms with E-state index in [2.05, 4.69) is 72.0 Å². The van der Waals surface area contributed by atoms with Crippen molar-refractivity contribution in [3.8, 4) is 5.75 Å². The minimum atomic E-state index is 0.576. The number of piperazine rings is 1. The number of rotatable bonds is 8. The minimum Gasteiger partial charge on any atom is -0.496 e. The largest absolute Gasteiger partial charge is 0.496 e. The number of hydrogen-bond acceptors (Lipinski definition) is 5. The third-order valence-electron chi connectivity index (χ3n) is 8.45. The maximum atomic E-state index is 5.77. The first-order chi connectivity index (χ1) is 17.0. The van der Waals surface area contributed by atoms with Gasteiger partial charge in [-0.05, 0) is 69.4 Å². The van der Waals surface area contributed by atoms with Crippen LogP contribution >= 0.6 is 0 Å². The molecular weight excluding hydrogens is 434 g/mol. The molecule has 0 spiro atoms. The van der Waals surface area contributed by atoms with E-state index >= 15 is 0 Å². The average Bonchev–Trinajstić information content (AvgIpc) is 3.82. The van der Waals surface area contributed by atoms with Gasteiger partial charge in [0.2, 0.25) is 0 Å². The van der Waals surface area contributed by atoms with Crippen molar-refractivity contribution in [3.63, 3.8) is 0 Å². The highest BCUT2D eigenvalue weighted by molar-refractivity contribution is 6.03. The normalized spacial score (nSPS) is 26.3. The van der Waals surface area contributed by atoms with Crippen LogP contribution in [0, 0.1) is 12.8 Å². The molecule has 180 valence electrons. The molecule has 6 heteroatoms. The fourth-order valence-corrected chi connectivity index (χ4v) is 5.97. The van der Waals surface area contributed by atoms with E-state index < -0.39 is 0 Å². The number of ether oxygens (including phenoxy) is 1. The highest BCUT2D eigenvalue weighted by atomic mass is 16.5. The van der Waals surface area contributed by atoms with Crippen LogP contribution in [0.25, 0.3) is 16.7 Å². The number of pyridine rings is 1. The van der Waals surface area contributed by atoms with Crippen LogP contribution in [0.5, 0.6) is 5.75 Å². The summed E-state index contributed by atoms with van der Waals surface area (Å²) in [5, 5.41) is 1.19. The molecule has 5 fully saturated rings. The van der Waals surface area contributed by atoms with Gasteiger partial charge in [0.15, 0.2) is 0 Å². The van der Waals surface area contributed by atoms with Crippen molar-refractivity contribution < 1.29 is 4.74 Å². The van der Waals surface area contributed by atoms with Crippen molar-refractivity contribution >= 4 is 28.1 Å². The van der Waals surface area contributed by atoms with Crippen LogP contribution in [-0.4, -0.2) is 57.0 Å². The second kappa shape index (κ2) is 7.44. The van der Waals surface area contributed by atoms with Crippen LogP contribution in [0.3, 0.4) is 0 Å². The van der Waals surface area contributed by atoms with Crippen molar-refractivity contribution in [2.75, 3.05) is 13.7 Å². The summed E-state index contributed by atoms with van der Waals surface area (Å²) < 4.78 is 8.17. The quantitative estimate of drug-likeness (QED) is 0.340. The summed E-state index contributed by atoms with van der Waals surface area (Å²) in [6.07, 6.45) is 4.13. The van der Waals surface area contributed by atoms with Gasteiger partial charge in [0.05, 0.1) is 30.2 Å². The molecular formula is C29H33N5O. The molecule has 6 heterocycles. The van der Waals surface area contributed by atoms with Gasteiger partial charge in [-0.25, -0.2) is 4.98 Å². The van der Waals surface area contributed by atoms with E-state index in [1.54, 1.807) is 7.11 Å². The Balaban J connectivity index is 1.29. The van der Waals surface area contributed by atoms with E-state index in [1.807, 2.05) is 0 Å². The molecule has 4 saturated heterocycles. The van der Waals surface area contributed by atoms with Gasteiger partial charge in [-0.15, -0.1) is 0 Å². The van der Waals surface area contributed by atoms with Crippen LogP contribution in [0.4, 0.5) is 5.69 Å². The van der Waals surface area contributed by atoms with Crippen molar-refractivity contribution in [2.45, 2.75) is 64.8 Å². The third kappa shape index (κ3) is 3.26. The first kappa shape index (κ1) is 21.2. The van der Waals surface area contributed by atoms with Crippen LogP contribution < -0.4 is 4.74 Å². The fourth-order valence-electron chi connectivity index (χ4n) is 5.97. The number of benzene rings is 1. The first-order valence-electron chi connectivity index (χ1n) is 12.9. The lowest BCUT2D eigenvalue weighted by Crippen LogP contribution is -2.20. The predicted molar refractivity (Wildman–Crippen MR) is 140 cm³/mol. The smallest absolute Gasteiger partial charge is 0.140 e. The number of aryl methyl sites for hydroxylation is 1. The van der Waals surface area contributed by atoms with E-state index in [0.717, 1.165) is 88.5 Å². The molecule has 0 radical (unpaired) electrons. The van der Waals surface area contributed by atoms with E-state index in [1.165, 1.54) is 18.2 Å². The maximum Gasteiger partial charge on any atom is 0.140 e. The molecule has 6 nitrogen and oxygen atoms in total. The summed E-state index contributed by atoms with van der Waals surface area (Å²) in [6, 6.07) is 12.5. The summed E-state index contributed by atoms with van der Waals surface area (Å²) in [7, 11) is 1.74. The van der Waals surface area contributed by atoms with Gasteiger partial charge in [0.25, 0.3) is 0 Å². The Morgan fingerprint density at radius 3 is 2.69 bits per heavy atom. The standard InChI is InChI=1S/C29H33N5O/c1-6-22-10-9-20-12-24(33(28(20)31-22)14-19-7-8-19)17(3)30-23-11-21(13-26(35-5)16(23)2)18(4)32-15-25-27-29(32)34(25)27/h9-13,19,25,27,29H,4,6-8,14-15H2,1-3,5H3. The number of nitrogens with zero attached hydrogens (tertiary/aromatic N) is 5. The van der Waals surface area contributed by atoms with Crippen LogP contribution in [0.2, 0.25) is 0 Å². The monoisotopic (exact) mass is 467 g/mol. The molecule has 1 aliphatic carbocycles. The molecule has 2 aromatic heterocycles. The lowest BCUT2D eigenvalue weighted by atomic mass is 10.1. The maximum absolute atomic E-state index is 5.77. The van der Waals surface area contributed by atoms with E-state index in [4.69, 9.17) is 14.7 Å². The number of methoxy groups -OCH3 is 1. The van der Waals surface area contributed by atoms with E-state index in [-0.39, 0.29) is 0 Å². The van der Waals surface area contributed by atoms with Crippen LogP contribution in [-0.2, 0) is 13.0 Å². The summed E-state index contributed by atoms with van der Waals surface area (Å²) in [5.74, 6) is 1.62. The first-order valence-corrected chi connectivity index (χ1v) is 12.9. The van der Waals surface area contributed by atoms with Gasteiger partial charge in [0, 0.05) is 47.0 Å². The Hall–Kier alpha value is -3.12. The minimum absolute atomic E-state index is 0.576. The van der Waals surface area contributed by atoms with Gasteiger partial charge >= 0.3 is 0 Å². The average molecular weight is 468 g/mol. The Morgan fingerprint density at radius 2 is 2.03 bits per heavy atom. The van der Waals surface area contributed by atoms with Crippen LogP contribution in [0.15, 0.2) is 41.9 Å². The van der Waals surface area contributed by atoms with Gasteiger partial charge in [0.1, 0.15) is 17.6 Å². The van der Waals surface area contributed by atoms with Gasteiger partial charge in [-0.3, -0.25) is 9.89 Å². The predicted octanol–water partition coefficient (Wildman–Crippen LogP) is 5.15. The molecule has 1 saturated carbocycles. The lowest BCUT2D eigenvalue weighted by Gasteiger charge is -2.21. The number of fused-ring (bicyclic) bond motifs is 2. The van der Waals surface area contributed by atoms with E-state index in [0.29, 0.717) is 6.17 Å². The third-order valence-corrected chi connectivity index (χ3v) is 8.45. The summed E-state index contributed by atoms with van der Waals surface area (Å²) in [5.41, 5.74) is 8.57. The number of aromatic nitrogens is 2. The molecule has 2 bridgehead atoms. The second-order valence-electron chi connectivity index (χ2n) is 10.7. The molecule has 5 aliphatic rings.